The molecule has 0 unspecified atom stereocenters. The van der Waals surface area contributed by atoms with E-state index >= 15 is 0 Å². The van der Waals surface area contributed by atoms with E-state index in [0.717, 1.165) is 16.8 Å². The summed E-state index contributed by atoms with van der Waals surface area (Å²) in [5.74, 6) is -0.218. The van der Waals surface area contributed by atoms with Crippen molar-refractivity contribution in [2.75, 3.05) is 31.9 Å². The van der Waals surface area contributed by atoms with Gasteiger partial charge in [0, 0.05) is 163 Å². The minimum atomic E-state index is -0.524. The Balaban J connectivity index is 0.000000218. The van der Waals surface area contributed by atoms with Crippen molar-refractivity contribution in [3.05, 3.63) is 165 Å². The molecule has 104 heavy (non-hydrogen) atoms. The average molecular weight is 1440 g/mol. The monoisotopic (exact) mass is 1440 g/mol. The number of aromatic nitrogens is 10. The first-order valence-electron chi connectivity index (χ1n) is 34.4. The Bertz CT molecular complexity index is 4530. The topological polar surface area (TPSA) is 291 Å². The molecular formula is C78H106N16O9S. The molecule has 558 valence electrons. The second kappa shape index (κ2) is 30.9. The Morgan fingerprint density at radius 2 is 0.654 bits per heavy atom. The van der Waals surface area contributed by atoms with Gasteiger partial charge in [0.05, 0.1) is 45.5 Å². The summed E-state index contributed by atoms with van der Waals surface area (Å²) >= 11 is 1.40. The Kier molecular flexibility index (Phi) is 24.1. The van der Waals surface area contributed by atoms with Gasteiger partial charge in [0.2, 0.25) is 5.78 Å². The lowest BCUT2D eigenvalue weighted by Gasteiger charge is -2.20. The van der Waals surface area contributed by atoms with Gasteiger partial charge >= 0.3 is 0 Å². The fraction of sp³-hybridized carbons (Fsp3) is 0.449. The molecule has 9 rings (SSSR count). The smallest absolute Gasteiger partial charge is 0.272 e. The van der Waals surface area contributed by atoms with E-state index in [4.69, 9.17) is 0 Å². The molecule has 0 spiro atoms. The van der Waals surface area contributed by atoms with E-state index in [9.17, 15) is 43.2 Å². The fourth-order valence-electron chi connectivity index (χ4n) is 11.3. The minimum Gasteiger partial charge on any atom is -0.379 e. The van der Waals surface area contributed by atoms with Gasteiger partial charge in [0.1, 0.15) is 28.6 Å². The Labute approximate surface area is 614 Å². The van der Waals surface area contributed by atoms with Crippen molar-refractivity contribution in [2.24, 2.45) is 72.6 Å². The van der Waals surface area contributed by atoms with Crippen LogP contribution in [0.3, 0.4) is 0 Å². The molecule has 0 aliphatic heterocycles. The molecule has 0 bridgehead atoms. The van der Waals surface area contributed by atoms with E-state index in [1.807, 2.05) is 128 Å². The molecule has 0 fully saturated rings. The molecule has 9 aromatic rings. The third kappa shape index (κ3) is 21.4. The lowest BCUT2D eigenvalue weighted by Crippen LogP contribution is -2.26. The van der Waals surface area contributed by atoms with Gasteiger partial charge in [-0.05, 0) is 121 Å². The van der Waals surface area contributed by atoms with Gasteiger partial charge in [-0.2, -0.15) is 0 Å². The third-order valence-corrected chi connectivity index (χ3v) is 17.0. The standard InChI is InChI=1S/C27H37N5O3.C26H36N6O3.C25H33N5O3S/c1-26(2,3)24(34)21-12-18(15-32(21)9)28-25(35)22-10-17(14-30(22)7)11-23(33)20-13-19(16-31(20)8)29-27(4,5)6;1-25(2,3)22(34)18-12-17(14-31(18)8)27-24(35)19-10-16(13-30(19)7)11-20(33)23-28-21(15-32(23)9)29-26(4,5)6;1-24(2,3)21(32)18-11-16(13-30(18)8)26-22(33)19-9-15(12-29(19)7)10-20(31)17-14-34-23(27-17)28-25(4,5)6/h10,12-16,29H,11H2,1-9H3,(H,28,35);10,12-15,29H,11H2,1-9H3,(H,27,35);9,11-14H,10H2,1-8H3,(H,26,33)(H,27,28). The van der Waals surface area contributed by atoms with Crippen LogP contribution >= 0.6 is 11.3 Å². The van der Waals surface area contributed by atoms with E-state index in [1.54, 1.807) is 166 Å². The summed E-state index contributed by atoms with van der Waals surface area (Å²) in [5, 5.41) is 20.9. The van der Waals surface area contributed by atoms with E-state index in [0.29, 0.717) is 85.0 Å². The van der Waals surface area contributed by atoms with Gasteiger partial charge in [-0.25, -0.2) is 9.97 Å². The number of Topliss-reactive ketones (excluding diaryl/α,β-unsaturated/α-hetero) is 6. The van der Waals surface area contributed by atoms with Gasteiger partial charge in [0.25, 0.3) is 17.7 Å². The van der Waals surface area contributed by atoms with Crippen molar-refractivity contribution in [3.63, 3.8) is 0 Å². The number of hydrogen-bond acceptors (Lipinski definition) is 15. The first-order valence-corrected chi connectivity index (χ1v) is 35.2. The quantitative estimate of drug-likeness (QED) is 0.0365. The summed E-state index contributed by atoms with van der Waals surface area (Å²) < 4.78 is 13.8. The minimum absolute atomic E-state index is 0.00157. The average Bonchev–Trinajstić information content (AvgIpc) is 1.75. The zero-order valence-corrected chi connectivity index (χ0v) is 66.2. The van der Waals surface area contributed by atoms with Crippen LogP contribution in [-0.2, 0) is 75.6 Å². The molecule has 0 aromatic carbocycles. The van der Waals surface area contributed by atoms with Crippen LogP contribution in [0.15, 0.2) is 97.4 Å². The third-order valence-electron chi connectivity index (χ3n) is 16.2. The number of ketones is 6. The number of rotatable bonds is 21. The van der Waals surface area contributed by atoms with Gasteiger partial charge in [-0.3, -0.25) is 43.2 Å². The van der Waals surface area contributed by atoms with Crippen LogP contribution in [0.2, 0.25) is 0 Å². The molecule has 26 heteroatoms. The van der Waals surface area contributed by atoms with Crippen molar-refractivity contribution in [3.8, 4) is 0 Å². The highest BCUT2D eigenvalue weighted by Gasteiger charge is 2.31. The number of nitrogens with one attached hydrogen (secondary N) is 6. The van der Waals surface area contributed by atoms with Gasteiger partial charge < -0.3 is 68.4 Å². The number of imidazole rings is 1. The number of amides is 3. The Hall–Kier alpha value is -10.4. The second-order valence-electron chi connectivity index (χ2n) is 33.1. The lowest BCUT2D eigenvalue weighted by atomic mass is 9.89. The highest BCUT2D eigenvalue weighted by molar-refractivity contribution is 7.13. The predicted molar refractivity (Wildman–Crippen MR) is 413 cm³/mol. The first-order chi connectivity index (χ1) is 47.7. The zero-order valence-electron chi connectivity index (χ0n) is 65.4. The van der Waals surface area contributed by atoms with Crippen LogP contribution in [0.1, 0.15) is 236 Å². The molecule has 0 saturated carbocycles. The lowest BCUT2D eigenvalue weighted by molar-refractivity contribution is 0.0843. The summed E-state index contributed by atoms with van der Waals surface area (Å²) in [7, 11) is 14.3. The summed E-state index contributed by atoms with van der Waals surface area (Å²) in [6.07, 6.45) is 14.6. The second-order valence-corrected chi connectivity index (χ2v) is 33.9. The largest absolute Gasteiger partial charge is 0.379 e. The normalized spacial score (nSPS) is 12.0. The molecular weight excluding hydrogens is 1340 g/mol. The molecule has 0 aliphatic carbocycles. The maximum absolute atomic E-state index is 13.0. The van der Waals surface area contributed by atoms with Gasteiger partial charge in [0.15, 0.2) is 39.9 Å². The van der Waals surface area contributed by atoms with Crippen molar-refractivity contribution >= 4 is 97.5 Å². The molecule has 9 aromatic heterocycles. The molecule has 9 heterocycles. The number of aryl methyl sites for hydroxylation is 8. The molecule has 0 saturated heterocycles. The zero-order chi connectivity index (χ0) is 78.0. The first kappa shape index (κ1) is 80.9. The highest BCUT2D eigenvalue weighted by atomic mass is 32.1. The number of carbonyl (C=O) groups excluding carboxylic acids is 9. The highest BCUT2D eigenvalue weighted by Crippen LogP contribution is 2.30. The number of nitrogens with zero attached hydrogens (tertiary/aromatic N) is 10. The summed E-state index contributed by atoms with van der Waals surface area (Å²) in [4.78, 5) is 124. The maximum atomic E-state index is 13.0. The Morgan fingerprint density at radius 1 is 0.337 bits per heavy atom. The van der Waals surface area contributed by atoms with Crippen LogP contribution in [0, 0.1) is 16.2 Å². The summed E-state index contributed by atoms with van der Waals surface area (Å²) in [5.41, 5.74) is 6.61. The predicted octanol–water partition coefficient (Wildman–Crippen LogP) is 14.0. The van der Waals surface area contributed by atoms with Crippen LogP contribution in [-0.4, -0.2) is 116 Å². The van der Waals surface area contributed by atoms with Gasteiger partial charge in [-0.1, -0.05) is 62.3 Å². The Morgan fingerprint density at radius 3 is 1.01 bits per heavy atom. The number of thiazole rings is 1. The van der Waals surface area contributed by atoms with Crippen molar-refractivity contribution < 1.29 is 43.2 Å². The molecule has 0 aliphatic rings. The molecule has 0 radical (unpaired) electrons. The van der Waals surface area contributed by atoms with Crippen LogP contribution < -0.4 is 31.9 Å². The van der Waals surface area contributed by atoms with E-state index in [2.05, 4.69) is 62.6 Å². The maximum Gasteiger partial charge on any atom is 0.272 e. The van der Waals surface area contributed by atoms with E-state index in [1.165, 1.54) is 11.3 Å². The molecule has 3 amide bonds. The van der Waals surface area contributed by atoms with Crippen molar-refractivity contribution in [1.82, 2.24) is 46.5 Å². The van der Waals surface area contributed by atoms with Gasteiger partial charge in [-0.15, -0.1) is 11.3 Å². The summed E-state index contributed by atoms with van der Waals surface area (Å²) in [6, 6.07) is 12.1. The van der Waals surface area contributed by atoms with Crippen molar-refractivity contribution in [2.45, 2.75) is 161 Å². The van der Waals surface area contributed by atoms with Crippen LogP contribution in [0.5, 0.6) is 0 Å². The van der Waals surface area contributed by atoms with Crippen LogP contribution in [0.25, 0.3) is 0 Å². The number of hydrogen-bond donors (Lipinski definition) is 6. The van der Waals surface area contributed by atoms with E-state index < -0.39 is 16.2 Å². The van der Waals surface area contributed by atoms with Crippen molar-refractivity contribution in [1.29, 1.82) is 0 Å². The van der Waals surface area contributed by atoms with Crippen LogP contribution in [0.4, 0.5) is 33.7 Å². The number of carbonyl (C=O) groups is 9. The fourth-order valence-corrected chi connectivity index (χ4v) is 12.2. The summed E-state index contributed by atoms with van der Waals surface area (Å²) in [6.45, 7) is 35.1. The number of anilines is 6. The van der Waals surface area contributed by atoms with E-state index in [-0.39, 0.29) is 88.3 Å². The molecule has 6 N–H and O–H groups in total. The molecule has 0 atom stereocenters. The molecule has 25 nitrogen and oxygen atoms in total. The SMILES string of the molecule is Cn1cc(CC(=O)c2csc(NC(C)(C)C)n2)cc1C(=O)Nc1cc(C(=O)C(C)(C)C)n(C)c1.Cn1cc(CC(=O)c2nc(NC(C)(C)C)cn2C)cc1C(=O)Nc1cc(C(=O)C(C)(C)C)n(C)c1.Cn1cc(NC(C)(C)C)cc1C(=O)Cc1cc(C(=O)Nc2cc(C(=O)C(C)(C)C)n(C)c2)n(C)c1.